The van der Waals surface area contributed by atoms with Crippen molar-refractivity contribution < 1.29 is 15.0 Å². The summed E-state index contributed by atoms with van der Waals surface area (Å²) in [5.41, 5.74) is -0.363. The van der Waals surface area contributed by atoms with Crippen LogP contribution in [0.25, 0.3) is 0 Å². The van der Waals surface area contributed by atoms with Gasteiger partial charge in [-0.15, -0.1) is 0 Å². The van der Waals surface area contributed by atoms with E-state index >= 15 is 0 Å². The number of hydrogen-bond acceptors (Lipinski definition) is 7. The molecule has 1 saturated heterocycles. The van der Waals surface area contributed by atoms with Crippen molar-refractivity contribution in [1.82, 2.24) is 4.90 Å². The Balaban J connectivity index is 2.23. The van der Waals surface area contributed by atoms with Crippen molar-refractivity contribution >= 4 is 17.1 Å². The highest BCUT2D eigenvalue weighted by molar-refractivity contribution is 5.77. The number of rotatable bonds is 7. The fourth-order valence-corrected chi connectivity index (χ4v) is 3.22. The van der Waals surface area contributed by atoms with Crippen LogP contribution in [0.3, 0.4) is 0 Å². The van der Waals surface area contributed by atoms with E-state index in [-0.39, 0.29) is 28.2 Å². The van der Waals surface area contributed by atoms with Crippen molar-refractivity contribution in [3.8, 4) is 0 Å². The van der Waals surface area contributed by atoms with Crippen molar-refractivity contribution in [3.63, 3.8) is 0 Å². The second kappa shape index (κ2) is 8.72. The lowest BCUT2D eigenvalue weighted by atomic mass is 10.0. The molecule has 9 nitrogen and oxygen atoms in total. The van der Waals surface area contributed by atoms with Gasteiger partial charge in [-0.2, -0.15) is 0 Å². The van der Waals surface area contributed by atoms with Crippen molar-refractivity contribution in [2.45, 2.75) is 39.2 Å². The van der Waals surface area contributed by atoms with Crippen LogP contribution >= 0.6 is 0 Å². The van der Waals surface area contributed by atoms with Gasteiger partial charge >= 0.3 is 5.69 Å². The van der Waals surface area contributed by atoms with Gasteiger partial charge in [0.2, 0.25) is 0 Å². The van der Waals surface area contributed by atoms with Crippen LogP contribution < -0.4 is 5.32 Å². The Morgan fingerprint density at radius 3 is 2.32 bits per heavy atom. The highest BCUT2D eigenvalue weighted by Gasteiger charge is 2.30. The van der Waals surface area contributed by atoms with Gasteiger partial charge < -0.3 is 15.3 Å². The molecule has 25 heavy (non-hydrogen) atoms. The van der Waals surface area contributed by atoms with Gasteiger partial charge in [-0.3, -0.25) is 20.2 Å². The van der Waals surface area contributed by atoms with E-state index in [1.54, 1.807) is 0 Å². The van der Waals surface area contributed by atoms with Gasteiger partial charge in [-0.05, 0) is 38.4 Å². The van der Waals surface area contributed by atoms with E-state index in [4.69, 9.17) is 0 Å². The molecule has 1 aliphatic heterocycles. The zero-order chi connectivity index (χ0) is 18.4. The average Bonchev–Trinajstić information content (AvgIpc) is 2.83. The number of nitrogens with zero attached hydrogens (tertiary/aromatic N) is 3. The molecule has 1 heterocycles. The molecule has 0 spiro atoms. The lowest BCUT2D eigenvalue weighted by Crippen LogP contribution is -2.30. The second-order valence-corrected chi connectivity index (χ2v) is 6.26. The summed E-state index contributed by atoms with van der Waals surface area (Å²) in [5.74, 6) is 0. The summed E-state index contributed by atoms with van der Waals surface area (Å²) in [5, 5.41) is 35.0. The number of benzene rings is 1. The molecule has 0 saturated carbocycles. The molecule has 0 radical (unpaired) electrons. The maximum atomic E-state index is 11.4. The zero-order valence-electron chi connectivity index (χ0n) is 14.4. The Morgan fingerprint density at radius 2 is 1.80 bits per heavy atom. The normalized spacial score (nSPS) is 15.6. The Bertz CT molecular complexity index is 642. The van der Waals surface area contributed by atoms with Crippen LogP contribution in [0, 0.1) is 27.2 Å². The van der Waals surface area contributed by atoms with Crippen LogP contribution in [-0.4, -0.2) is 46.0 Å². The molecule has 0 amide bonds. The summed E-state index contributed by atoms with van der Waals surface area (Å²) in [6.07, 6.45) is 4.68. The van der Waals surface area contributed by atoms with E-state index in [1.165, 1.54) is 25.8 Å². The van der Waals surface area contributed by atoms with Crippen LogP contribution in [0.4, 0.5) is 17.1 Å². The maximum Gasteiger partial charge on any atom is 0.302 e. The quantitative estimate of drug-likeness (QED) is 0.571. The number of nitrogens with one attached hydrogen (secondary N) is 1. The van der Waals surface area contributed by atoms with Crippen molar-refractivity contribution in [1.29, 1.82) is 0 Å². The molecule has 1 aliphatic rings. The monoisotopic (exact) mass is 352 g/mol. The molecule has 0 unspecified atom stereocenters. The van der Waals surface area contributed by atoms with Gasteiger partial charge in [0.1, 0.15) is 0 Å². The highest BCUT2D eigenvalue weighted by Crippen LogP contribution is 2.39. The van der Waals surface area contributed by atoms with Crippen molar-refractivity contribution in [2.24, 2.45) is 0 Å². The first-order chi connectivity index (χ1) is 12.0. The number of aliphatic hydroxyl groups is 1. The van der Waals surface area contributed by atoms with E-state index < -0.39 is 16.5 Å². The lowest BCUT2D eigenvalue weighted by molar-refractivity contribution is -0.392. The fourth-order valence-electron chi connectivity index (χ4n) is 3.22. The Hall–Kier alpha value is -2.26. The largest absolute Gasteiger partial charge is 0.392 e. The Labute approximate surface area is 145 Å². The molecule has 9 heteroatoms. The van der Waals surface area contributed by atoms with Gasteiger partial charge in [0.05, 0.1) is 16.5 Å². The molecular formula is C16H24N4O5. The third-order valence-electron chi connectivity index (χ3n) is 4.62. The summed E-state index contributed by atoms with van der Waals surface area (Å²) >= 11 is 0. The van der Waals surface area contributed by atoms with Crippen molar-refractivity contribution in [3.05, 3.63) is 37.4 Å². The first kappa shape index (κ1) is 19.1. The molecule has 0 atom stereocenters. The topological polar surface area (TPSA) is 122 Å². The number of aliphatic hydroxyl groups excluding tert-OH is 1. The smallest absolute Gasteiger partial charge is 0.302 e. The zero-order valence-corrected chi connectivity index (χ0v) is 14.4. The minimum absolute atomic E-state index is 0.0838. The van der Waals surface area contributed by atoms with E-state index in [9.17, 15) is 25.3 Å². The van der Waals surface area contributed by atoms with Crippen LogP contribution in [0.1, 0.15) is 36.8 Å². The lowest BCUT2D eigenvalue weighted by Gasteiger charge is -2.20. The highest BCUT2D eigenvalue weighted by atomic mass is 16.6. The van der Waals surface area contributed by atoms with E-state index in [0.29, 0.717) is 13.1 Å². The molecule has 0 aliphatic carbocycles. The molecular weight excluding hydrogens is 328 g/mol. The van der Waals surface area contributed by atoms with Gasteiger partial charge in [0, 0.05) is 24.7 Å². The molecule has 1 fully saturated rings. The number of hydrogen-bond donors (Lipinski definition) is 2. The van der Waals surface area contributed by atoms with Gasteiger partial charge in [0.25, 0.3) is 5.69 Å². The van der Waals surface area contributed by atoms with Gasteiger partial charge in [0.15, 0.2) is 5.69 Å². The minimum atomic E-state index is -0.653. The third-order valence-corrected chi connectivity index (χ3v) is 4.62. The summed E-state index contributed by atoms with van der Waals surface area (Å²) in [6, 6.07) is 1.20. The molecule has 138 valence electrons. The molecule has 2 rings (SSSR count). The summed E-state index contributed by atoms with van der Waals surface area (Å²) < 4.78 is 0. The predicted octanol–water partition coefficient (Wildman–Crippen LogP) is 2.59. The number of anilines is 1. The average molecular weight is 352 g/mol. The molecule has 0 bridgehead atoms. The van der Waals surface area contributed by atoms with E-state index in [0.717, 1.165) is 25.9 Å². The van der Waals surface area contributed by atoms with Crippen LogP contribution in [0.5, 0.6) is 0 Å². The van der Waals surface area contributed by atoms with Crippen molar-refractivity contribution in [2.75, 3.05) is 31.5 Å². The first-order valence-electron chi connectivity index (χ1n) is 8.48. The molecule has 1 aromatic carbocycles. The van der Waals surface area contributed by atoms with Crippen LogP contribution in [0.2, 0.25) is 0 Å². The van der Waals surface area contributed by atoms with Crippen LogP contribution in [-0.2, 0) is 6.61 Å². The van der Waals surface area contributed by atoms with Crippen LogP contribution in [0.15, 0.2) is 6.07 Å². The van der Waals surface area contributed by atoms with E-state index in [1.807, 2.05) is 0 Å². The number of nitro benzene ring substituents is 2. The number of nitro groups is 2. The number of likely N-dealkylation sites (tertiary alicyclic amines) is 1. The summed E-state index contributed by atoms with van der Waals surface area (Å²) in [6.45, 7) is 4.03. The van der Waals surface area contributed by atoms with Gasteiger partial charge in [-0.25, -0.2) is 0 Å². The third kappa shape index (κ3) is 4.64. The maximum absolute atomic E-state index is 11.4. The SMILES string of the molecule is Cc1c(CO)cc([N+](=O)[O-])c(NCCN2CCCCCC2)c1[N+](=O)[O-]. The second-order valence-electron chi connectivity index (χ2n) is 6.26. The standard InChI is InChI=1S/C16H24N4O5/c1-12-13(11-21)10-14(19(22)23)15(16(12)20(24)25)17-6-9-18-7-4-2-3-5-8-18/h10,17,21H,2-9,11H2,1H3. The first-order valence-corrected chi connectivity index (χ1v) is 8.48. The predicted molar refractivity (Wildman–Crippen MR) is 93.8 cm³/mol. The fraction of sp³-hybridized carbons (Fsp3) is 0.625. The minimum Gasteiger partial charge on any atom is -0.392 e. The Kier molecular flexibility index (Phi) is 6.65. The molecule has 0 aromatic heterocycles. The Morgan fingerprint density at radius 1 is 1.16 bits per heavy atom. The summed E-state index contributed by atoms with van der Waals surface area (Å²) in [7, 11) is 0. The van der Waals surface area contributed by atoms with Gasteiger partial charge in [-0.1, -0.05) is 12.8 Å². The molecule has 1 aromatic rings. The van der Waals surface area contributed by atoms with E-state index in [2.05, 4.69) is 10.2 Å². The molecule has 2 N–H and O–H groups in total. The summed E-state index contributed by atoms with van der Waals surface area (Å²) in [4.78, 5) is 23.8.